The van der Waals surface area contributed by atoms with Crippen molar-refractivity contribution < 1.29 is 39.5 Å². The van der Waals surface area contributed by atoms with E-state index < -0.39 is 48.6 Å². The van der Waals surface area contributed by atoms with Gasteiger partial charge in [0.25, 0.3) is 0 Å². The molecule has 8 nitrogen and oxygen atoms in total. The van der Waals surface area contributed by atoms with Gasteiger partial charge in [-0.05, 0) is 51.7 Å². The third-order valence-electron chi connectivity index (χ3n) is 4.25. The molecule has 160 valence electrons. The first-order valence-electron chi connectivity index (χ1n) is 9.65. The van der Waals surface area contributed by atoms with E-state index in [0.29, 0.717) is 0 Å². The molecule has 0 saturated heterocycles. The van der Waals surface area contributed by atoms with E-state index in [1.807, 2.05) is 0 Å². The van der Waals surface area contributed by atoms with Crippen LogP contribution in [0.3, 0.4) is 0 Å². The van der Waals surface area contributed by atoms with Crippen molar-refractivity contribution >= 4 is 11.9 Å². The first-order chi connectivity index (χ1) is 13.2. The number of ether oxygens (including phenoxy) is 2. The molecular formula is C20H32O8. The van der Waals surface area contributed by atoms with Gasteiger partial charge in [-0.2, -0.15) is 0 Å². The number of esters is 2. The van der Waals surface area contributed by atoms with Crippen molar-refractivity contribution in [2.45, 2.75) is 89.0 Å². The van der Waals surface area contributed by atoms with Gasteiger partial charge in [0.2, 0.25) is 0 Å². The highest BCUT2D eigenvalue weighted by atomic mass is 16.5. The van der Waals surface area contributed by atoms with E-state index in [0.717, 1.165) is 12.2 Å². The number of hydrogen-bond acceptors (Lipinski definition) is 8. The molecule has 28 heavy (non-hydrogen) atoms. The fourth-order valence-electron chi connectivity index (χ4n) is 2.90. The maximum absolute atomic E-state index is 12.0. The minimum absolute atomic E-state index is 0.210. The van der Waals surface area contributed by atoms with Crippen LogP contribution < -0.4 is 0 Å². The van der Waals surface area contributed by atoms with Gasteiger partial charge in [-0.3, -0.25) is 0 Å². The van der Waals surface area contributed by atoms with Crippen LogP contribution in [0.15, 0.2) is 24.3 Å². The van der Waals surface area contributed by atoms with Gasteiger partial charge in [0, 0.05) is 25.0 Å². The van der Waals surface area contributed by atoms with E-state index in [1.54, 1.807) is 13.8 Å². The molecular weight excluding hydrogens is 368 g/mol. The molecule has 1 rings (SSSR count). The van der Waals surface area contributed by atoms with Gasteiger partial charge in [-0.1, -0.05) is 0 Å². The molecule has 0 fully saturated rings. The zero-order valence-electron chi connectivity index (χ0n) is 16.4. The predicted octanol–water partition coefficient (Wildman–Crippen LogP) is 0.760. The highest BCUT2D eigenvalue weighted by Gasteiger charge is 2.20. The highest BCUT2D eigenvalue weighted by Crippen LogP contribution is 2.16. The van der Waals surface area contributed by atoms with Crippen LogP contribution in [-0.2, 0) is 19.1 Å². The standard InChI is InChI=1S/C20H32O8/c1-13(21)11-17-7-3-15(23)6-10-20(26)28-18(12-14(2)22)8-4-16(24)5-9-19(25)27-17/h5-6,9-10,13-18,21-24H,3-4,7-8,11-12H2,1-2H3/t13-,14-,15+,16+,17-,18-/m0/s1. The molecule has 0 spiro atoms. The second kappa shape index (κ2) is 12.7. The van der Waals surface area contributed by atoms with Gasteiger partial charge in [0.05, 0.1) is 24.4 Å². The van der Waals surface area contributed by atoms with Crippen LogP contribution in [-0.4, -0.2) is 69.0 Å². The number of carbonyl (C=O) groups excluding carboxylic acids is 2. The molecule has 1 aliphatic heterocycles. The van der Waals surface area contributed by atoms with Gasteiger partial charge in [-0.25, -0.2) is 9.59 Å². The second-order valence-corrected chi connectivity index (χ2v) is 7.29. The molecule has 0 aliphatic carbocycles. The van der Waals surface area contributed by atoms with Crippen molar-refractivity contribution in [2.24, 2.45) is 0 Å². The number of carbonyl (C=O) groups is 2. The molecule has 1 heterocycles. The summed E-state index contributed by atoms with van der Waals surface area (Å²) in [7, 11) is 0. The van der Waals surface area contributed by atoms with Crippen molar-refractivity contribution in [3.05, 3.63) is 24.3 Å². The molecule has 0 bridgehead atoms. The molecule has 4 N–H and O–H groups in total. The molecule has 0 radical (unpaired) electrons. The Balaban J connectivity index is 2.89. The van der Waals surface area contributed by atoms with Crippen LogP contribution in [0.1, 0.15) is 52.4 Å². The molecule has 6 atom stereocenters. The fraction of sp³-hybridized carbons (Fsp3) is 0.700. The zero-order valence-corrected chi connectivity index (χ0v) is 16.4. The predicted molar refractivity (Wildman–Crippen MR) is 101 cm³/mol. The first kappa shape index (κ1) is 24.3. The summed E-state index contributed by atoms with van der Waals surface area (Å²) in [4.78, 5) is 23.9. The maximum Gasteiger partial charge on any atom is 0.330 e. The highest BCUT2D eigenvalue weighted by molar-refractivity contribution is 5.82. The molecule has 0 amide bonds. The lowest BCUT2D eigenvalue weighted by molar-refractivity contribution is -0.145. The lowest BCUT2D eigenvalue weighted by atomic mass is 10.0. The summed E-state index contributed by atoms with van der Waals surface area (Å²) in [6.45, 7) is 3.14. The van der Waals surface area contributed by atoms with Crippen LogP contribution in [0.4, 0.5) is 0 Å². The number of rotatable bonds is 4. The molecule has 0 aromatic heterocycles. The number of aliphatic hydroxyl groups is 4. The van der Waals surface area contributed by atoms with Crippen LogP contribution in [0.5, 0.6) is 0 Å². The van der Waals surface area contributed by atoms with Crippen LogP contribution >= 0.6 is 0 Å². The minimum Gasteiger partial charge on any atom is -0.459 e. The summed E-state index contributed by atoms with van der Waals surface area (Å²) >= 11 is 0. The zero-order chi connectivity index (χ0) is 21.1. The Bertz CT molecular complexity index is 492. The van der Waals surface area contributed by atoms with E-state index in [2.05, 4.69) is 0 Å². The third kappa shape index (κ3) is 11.2. The smallest absolute Gasteiger partial charge is 0.330 e. The van der Waals surface area contributed by atoms with E-state index >= 15 is 0 Å². The Hall–Kier alpha value is -1.74. The summed E-state index contributed by atoms with van der Waals surface area (Å²) in [5, 5.41) is 39.1. The van der Waals surface area contributed by atoms with Crippen molar-refractivity contribution in [2.75, 3.05) is 0 Å². The average molecular weight is 400 g/mol. The van der Waals surface area contributed by atoms with Crippen molar-refractivity contribution in [1.82, 2.24) is 0 Å². The summed E-state index contributed by atoms with van der Waals surface area (Å²) in [6, 6.07) is 0. The third-order valence-corrected chi connectivity index (χ3v) is 4.25. The monoisotopic (exact) mass is 400 g/mol. The van der Waals surface area contributed by atoms with Gasteiger partial charge in [0.15, 0.2) is 0 Å². The van der Waals surface area contributed by atoms with Crippen LogP contribution in [0.2, 0.25) is 0 Å². The minimum atomic E-state index is -0.941. The largest absolute Gasteiger partial charge is 0.459 e. The summed E-state index contributed by atoms with van der Waals surface area (Å²) in [5.41, 5.74) is 0. The summed E-state index contributed by atoms with van der Waals surface area (Å²) in [6.07, 6.45) is 1.81. The second-order valence-electron chi connectivity index (χ2n) is 7.29. The maximum atomic E-state index is 12.0. The Morgan fingerprint density at radius 2 is 1.18 bits per heavy atom. The van der Waals surface area contributed by atoms with Crippen molar-refractivity contribution in [1.29, 1.82) is 0 Å². The number of cyclic esters (lactones) is 2. The molecule has 8 heteroatoms. The Morgan fingerprint density at radius 1 is 0.821 bits per heavy atom. The molecule has 0 unspecified atom stereocenters. The SMILES string of the molecule is C[C@H](O)C[C@@H]1CC[C@@H](O)C=CC(=O)O[C@H](C[C@H](C)O)CC[C@@H](O)C=CC(=O)O1. The Kier molecular flexibility index (Phi) is 11.0. The van der Waals surface area contributed by atoms with Gasteiger partial charge >= 0.3 is 11.9 Å². The average Bonchev–Trinajstić information content (AvgIpc) is 2.59. The topological polar surface area (TPSA) is 134 Å². The quantitative estimate of drug-likeness (QED) is 0.508. The summed E-state index contributed by atoms with van der Waals surface area (Å²) in [5.74, 6) is -1.29. The van der Waals surface area contributed by atoms with Crippen molar-refractivity contribution in [3.8, 4) is 0 Å². The first-order valence-corrected chi connectivity index (χ1v) is 9.65. The van der Waals surface area contributed by atoms with Gasteiger partial charge in [0.1, 0.15) is 12.2 Å². The Morgan fingerprint density at radius 3 is 1.50 bits per heavy atom. The van der Waals surface area contributed by atoms with Crippen LogP contribution in [0, 0.1) is 0 Å². The summed E-state index contributed by atoms with van der Waals surface area (Å²) < 4.78 is 10.6. The lowest BCUT2D eigenvalue weighted by Gasteiger charge is -2.21. The van der Waals surface area contributed by atoms with E-state index in [1.165, 1.54) is 12.2 Å². The van der Waals surface area contributed by atoms with E-state index in [-0.39, 0.29) is 38.5 Å². The Labute approximate surface area is 165 Å². The van der Waals surface area contributed by atoms with E-state index in [9.17, 15) is 30.0 Å². The number of hydrogen-bond donors (Lipinski definition) is 4. The van der Waals surface area contributed by atoms with Crippen molar-refractivity contribution in [3.63, 3.8) is 0 Å². The van der Waals surface area contributed by atoms with Gasteiger partial charge in [-0.15, -0.1) is 0 Å². The number of aliphatic hydroxyl groups excluding tert-OH is 4. The normalized spacial score (nSPS) is 30.4. The molecule has 0 saturated carbocycles. The van der Waals surface area contributed by atoms with Crippen LogP contribution in [0.25, 0.3) is 0 Å². The lowest BCUT2D eigenvalue weighted by Crippen LogP contribution is -2.25. The molecule has 1 aliphatic rings. The van der Waals surface area contributed by atoms with Gasteiger partial charge < -0.3 is 29.9 Å². The van der Waals surface area contributed by atoms with E-state index in [4.69, 9.17) is 9.47 Å². The molecule has 0 aromatic carbocycles. The fourth-order valence-corrected chi connectivity index (χ4v) is 2.90. The molecule has 0 aromatic rings.